The molecule has 0 amide bonds. The van der Waals surface area contributed by atoms with Gasteiger partial charge in [0.25, 0.3) is 0 Å². The van der Waals surface area contributed by atoms with Gasteiger partial charge in [-0.05, 0) is 18.3 Å². The molecule has 0 heterocycles. The Morgan fingerprint density at radius 1 is 1.62 bits per heavy atom. The van der Waals surface area contributed by atoms with Gasteiger partial charge >= 0.3 is 0 Å². The third-order valence-corrected chi connectivity index (χ3v) is 4.40. The van der Waals surface area contributed by atoms with Crippen molar-refractivity contribution in [2.24, 2.45) is 11.8 Å². The SMILES string of the molecule is CC(CCl)CS(=O)(=O)NC1CC1C. The highest BCUT2D eigenvalue weighted by molar-refractivity contribution is 7.89. The first kappa shape index (κ1) is 11.3. The van der Waals surface area contributed by atoms with Crippen LogP contribution >= 0.6 is 11.6 Å². The molecule has 78 valence electrons. The molecule has 5 heteroatoms. The number of nitrogens with one attached hydrogen (secondary N) is 1. The van der Waals surface area contributed by atoms with Gasteiger partial charge in [-0.3, -0.25) is 0 Å². The van der Waals surface area contributed by atoms with Crippen molar-refractivity contribution in [3.8, 4) is 0 Å². The fourth-order valence-corrected chi connectivity index (χ4v) is 3.18. The van der Waals surface area contributed by atoms with E-state index in [1.54, 1.807) is 0 Å². The second kappa shape index (κ2) is 4.15. The van der Waals surface area contributed by atoms with Crippen LogP contribution in [0.2, 0.25) is 0 Å². The van der Waals surface area contributed by atoms with E-state index in [2.05, 4.69) is 4.72 Å². The summed E-state index contributed by atoms with van der Waals surface area (Å²) in [5, 5.41) is 0. The van der Waals surface area contributed by atoms with Crippen LogP contribution in [0.25, 0.3) is 0 Å². The van der Waals surface area contributed by atoms with Crippen molar-refractivity contribution < 1.29 is 8.42 Å². The molecule has 0 saturated heterocycles. The summed E-state index contributed by atoms with van der Waals surface area (Å²) in [6, 6.07) is 0.174. The van der Waals surface area contributed by atoms with E-state index in [4.69, 9.17) is 11.6 Å². The summed E-state index contributed by atoms with van der Waals surface area (Å²) < 4.78 is 25.5. The lowest BCUT2D eigenvalue weighted by Crippen LogP contribution is -2.31. The number of rotatable bonds is 5. The van der Waals surface area contributed by atoms with Crippen LogP contribution in [0, 0.1) is 11.8 Å². The Morgan fingerprint density at radius 3 is 2.54 bits per heavy atom. The van der Waals surface area contributed by atoms with E-state index < -0.39 is 10.0 Å². The first-order chi connectivity index (χ1) is 5.94. The maximum atomic E-state index is 11.4. The zero-order valence-corrected chi connectivity index (χ0v) is 9.53. The number of hydrogen-bond donors (Lipinski definition) is 1. The van der Waals surface area contributed by atoms with Crippen LogP contribution in [-0.2, 0) is 10.0 Å². The van der Waals surface area contributed by atoms with Gasteiger partial charge < -0.3 is 0 Å². The molecule has 0 bridgehead atoms. The topological polar surface area (TPSA) is 46.2 Å². The molecular formula is C8H16ClNO2S. The Balaban J connectivity index is 2.37. The van der Waals surface area contributed by atoms with Crippen molar-refractivity contribution >= 4 is 21.6 Å². The van der Waals surface area contributed by atoms with Gasteiger partial charge in [0.2, 0.25) is 10.0 Å². The Morgan fingerprint density at radius 2 is 2.15 bits per heavy atom. The molecule has 1 aliphatic carbocycles. The van der Waals surface area contributed by atoms with Gasteiger partial charge in [-0.25, -0.2) is 13.1 Å². The van der Waals surface area contributed by atoms with Crippen LogP contribution in [0.4, 0.5) is 0 Å². The van der Waals surface area contributed by atoms with Gasteiger partial charge in [0, 0.05) is 11.9 Å². The molecule has 1 rings (SSSR count). The molecule has 0 aliphatic heterocycles. The van der Waals surface area contributed by atoms with Crippen molar-refractivity contribution in [3.63, 3.8) is 0 Å². The molecule has 1 saturated carbocycles. The first-order valence-corrected chi connectivity index (χ1v) is 6.69. The molecule has 0 aromatic carbocycles. The predicted molar refractivity (Wildman–Crippen MR) is 54.4 cm³/mol. The van der Waals surface area contributed by atoms with Crippen LogP contribution in [0.5, 0.6) is 0 Å². The third-order valence-electron chi connectivity index (χ3n) is 2.21. The average Bonchev–Trinajstić information content (AvgIpc) is 2.63. The fourth-order valence-electron chi connectivity index (χ4n) is 1.18. The zero-order valence-electron chi connectivity index (χ0n) is 7.96. The Bertz CT molecular complexity index is 253. The van der Waals surface area contributed by atoms with Crippen LogP contribution in [0.15, 0.2) is 0 Å². The van der Waals surface area contributed by atoms with E-state index in [1.807, 2.05) is 13.8 Å². The van der Waals surface area contributed by atoms with Gasteiger partial charge in [0.15, 0.2) is 0 Å². The highest BCUT2D eigenvalue weighted by atomic mass is 35.5. The highest BCUT2D eigenvalue weighted by Gasteiger charge is 2.36. The first-order valence-electron chi connectivity index (χ1n) is 4.50. The summed E-state index contributed by atoms with van der Waals surface area (Å²) in [5.41, 5.74) is 0. The van der Waals surface area contributed by atoms with Crippen LogP contribution in [0.1, 0.15) is 20.3 Å². The molecule has 3 nitrogen and oxygen atoms in total. The summed E-state index contributed by atoms with van der Waals surface area (Å²) in [5.74, 6) is 1.05. The average molecular weight is 226 g/mol. The van der Waals surface area contributed by atoms with E-state index >= 15 is 0 Å². The number of hydrogen-bond acceptors (Lipinski definition) is 2. The predicted octanol–water partition coefficient (Wildman–Crippen LogP) is 1.19. The molecule has 3 unspecified atom stereocenters. The Kier molecular flexibility index (Phi) is 3.60. The lowest BCUT2D eigenvalue weighted by molar-refractivity contribution is 0.566. The maximum Gasteiger partial charge on any atom is 0.212 e. The number of sulfonamides is 1. The van der Waals surface area contributed by atoms with E-state index in [1.165, 1.54) is 0 Å². The van der Waals surface area contributed by atoms with Gasteiger partial charge in [0.1, 0.15) is 0 Å². The molecule has 1 fully saturated rings. The fraction of sp³-hybridized carbons (Fsp3) is 1.00. The minimum Gasteiger partial charge on any atom is -0.212 e. The van der Waals surface area contributed by atoms with Crippen LogP contribution < -0.4 is 4.72 Å². The monoisotopic (exact) mass is 225 g/mol. The Hall–Kier alpha value is 0.200. The number of alkyl halides is 1. The molecule has 1 aliphatic rings. The zero-order chi connectivity index (χ0) is 10.1. The largest absolute Gasteiger partial charge is 0.212 e. The van der Waals surface area contributed by atoms with Crippen molar-refractivity contribution in [2.75, 3.05) is 11.6 Å². The van der Waals surface area contributed by atoms with E-state index in [-0.39, 0.29) is 17.7 Å². The second-order valence-electron chi connectivity index (χ2n) is 3.98. The summed E-state index contributed by atoms with van der Waals surface area (Å²) in [7, 11) is -3.10. The minimum absolute atomic E-state index is 0.0215. The smallest absolute Gasteiger partial charge is 0.212 e. The molecule has 0 radical (unpaired) electrons. The van der Waals surface area contributed by atoms with E-state index in [0.29, 0.717) is 11.8 Å². The molecule has 0 spiro atoms. The van der Waals surface area contributed by atoms with Gasteiger partial charge in [-0.15, -0.1) is 11.6 Å². The highest BCUT2D eigenvalue weighted by Crippen LogP contribution is 2.29. The molecule has 3 atom stereocenters. The molecule has 13 heavy (non-hydrogen) atoms. The van der Waals surface area contributed by atoms with Gasteiger partial charge in [0.05, 0.1) is 5.75 Å². The normalized spacial score (nSPS) is 30.1. The summed E-state index contributed by atoms with van der Waals surface area (Å²) in [6.07, 6.45) is 0.967. The molecule has 1 N–H and O–H groups in total. The van der Waals surface area contributed by atoms with Crippen molar-refractivity contribution in [2.45, 2.75) is 26.3 Å². The molecule has 0 aromatic rings. The van der Waals surface area contributed by atoms with Crippen molar-refractivity contribution in [3.05, 3.63) is 0 Å². The summed E-state index contributed by atoms with van der Waals surface area (Å²) in [4.78, 5) is 0. The van der Waals surface area contributed by atoms with Gasteiger partial charge in [-0.2, -0.15) is 0 Å². The van der Waals surface area contributed by atoms with Crippen molar-refractivity contribution in [1.29, 1.82) is 0 Å². The quantitative estimate of drug-likeness (QED) is 0.715. The van der Waals surface area contributed by atoms with Gasteiger partial charge in [-0.1, -0.05) is 13.8 Å². The summed E-state index contributed by atoms with van der Waals surface area (Å²) >= 11 is 5.55. The molecule has 0 aromatic heterocycles. The lowest BCUT2D eigenvalue weighted by atomic mass is 10.3. The third kappa shape index (κ3) is 3.83. The van der Waals surface area contributed by atoms with Crippen molar-refractivity contribution in [1.82, 2.24) is 4.72 Å². The minimum atomic E-state index is -3.10. The molecular weight excluding hydrogens is 210 g/mol. The Labute approximate surface area is 84.9 Å². The summed E-state index contributed by atoms with van der Waals surface area (Å²) in [6.45, 7) is 3.88. The van der Waals surface area contributed by atoms with Crippen LogP contribution in [0.3, 0.4) is 0 Å². The maximum absolute atomic E-state index is 11.4. The number of halogens is 1. The van der Waals surface area contributed by atoms with E-state index in [0.717, 1.165) is 6.42 Å². The standard InChI is InChI=1S/C8H16ClNO2S/c1-6(4-9)5-13(11,12)10-8-3-7(8)2/h6-8,10H,3-5H2,1-2H3. The second-order valence-corrected chi connectivity index (χ2v) is 6.09. The lowest BCUT2D eigenvalue weighted by Gasteiger charge is -2.09. The van der Waals surface area contributed by atoms with E-state index in [9.17, 15) is 8.42 Å². The van der Waals surface area contributed by atoms with Crippen LogP contribution in [-0.4, -0.2) is 26.1 Å².